The van der Waals surface area contributed by atoms with Crippen LogP contribution in [0, 0.1) is 13.8 Å². The predicted molar refractivity (Wildman–Crippen MR) is 235 cm³/mol. The molecule has 21 heteroatoms. The molecule has 0 radical (unpaired) electrons. The highest BCUT2D eigenvalue weighted by Gasteiger charge is 2.32. The van der Waals surface area contributed by atoms with Crippen LogP contribution in [0.1, 0.15) is 36.1 Å². The molecule has 0 amide bonds. The Labute approximate surface area is 381 Å². The van der Waals surface area contributed by atoms with E-state index >= 15 is 0 Å². The Morgan fingerprint density at radius 3 is 1.38 bits per heavy atom. The minimum absolute atomic E-state index is 0.0585. The van der Waals surface area contributed by atoms with Crippen LogP contribution in [0.2, 0.25) is 0 Å². The number of aromatic nitrogens is 8. The second-order valence-electron chi connectivity index (χ2n) is 14.2. The average Bonchev–Trinajstić information content (AvgIpc) is 4.11. The maximum atomic E-state index is 12.3. The van der Waals surface area contributed by atoms with Crippen LogP contribution >= 0.6 is 22.7 Å². The Hall–Kier alpha value is -6.84. The van der Waals surface area contributed by atoms with E-state index in [0.29, 0.717) is 75.4 Å². The Kier molecular flexibility index (Phi) is 15.0. The molecule has 0 fully saturated rings. The molecule has 0 aliphatic heterocycles. The van der Waals surface area contributed by atoms with Gasteiger partial charge in [0.1, 0.15) is 41.3 Å². The van der Waals surface area contributed by atoms with Gasteiger partial charge in [-0.05, 0) is 104 Å². The van der Waals surface area contributed by atoms with Crippen molar-refractivity contribution >= 4 is 22.7 Å². The van der Waals surface area contributed by atoms with Crippen molar-refractivity contribution in [2.45, 2.75) is 53.0 Å². The van der Waals surface area contributed by atoms with Crippen LogP contribution in [-0.2, 0) is 13.1 Å². The molecule has 4 heterocycles. The van der Waals surface area contributed by atoms with Gasteiger partial charge in [0.05, 0.1) is 37.7 Å². The van der Waals surface area contributed by atoms with Gasteiger partial charge in [-0.3, -0.25) is 0 Å². The quantitative estimate of drug-likeness (QED) is 0.0924. The molecule has 8 rings (SSSR count). The third-order valence-electron chi connectivity index (χ3n) is 9.17. The number of halogens is 6. The van der Waals surface area contributed by atoms with Gasteiger partial charge in [0.25, 0.3) is 0 Å². The van der Waals surface area contributed by atoms with Gasteiger partial charge in [-0.1, -0.05) is 31.2 Å². The maximum absolute atomic E-state index is 12.3. The lowest BCUT2D eigenvalue weighted by molar-refractivity contribution is -0.275. The zero-order valence-electron chi connectivity index (χ0n) is 35.4. The van der Waals surface area contributed by atoms with Crippen molar-refractivity contribution in [3.63, 3.8) is 0 Å². The normalized spacial score (nSPS) is 11.5. The number of ether oxygens (including phenoxy) is 4. The number of hydrogen-bond acceptors (Lipinski definition) is 13. The van der Waals surface area contributed by atoms with Crippen LogP contribution in [0.5, 0.6) is 23.0 Å². The molecule has 13 nitrogen and oxygen atoms in total. The first-order valence-corrected chi connectivity index (χ1v) is 21.9. The molecule has 4 aromatic heterocycles. The summed E-state index contributed by atoms with van der Waals surface area (Å²) in [5, 5.41) is 22.9. The Morgan fingerprint density at radius 2 is 0.985 bits per heavy atom. The fourth-order valence-electron chi connectivity index (χ4n) is 6.19. The number of rotatable bonds is 16. The number of aryl methyl sites for hydroxylation is 2. The molecule has 1 N–H and O–H groups in total. The summed E-state index contributed by atoms with van der Waals surface area (Å²) in [6.45, 7) is 7.64. The fraction of sp³-hybridized carbons (Fsp3) is 0.244. The van der Waals surface area contributed by atoms with E-state index in [1.807, 2.05) is 67.8 Å². The lowest BCUT2D eigenvalue weighted by atomic mass is 10.2. The summed E-state index contributed by atoms with van der Waals surface area (Å²) < 4.78 is 96.5. The number of benzene rings is 4. The highest BCUT2D eigenvalue weighted by molar-refractivity contribution is 7.13. The molecular formula is C45H40F6N8O5S2. The summed E-state index contributed by atoms with van der Waals surface area (Å²) in [7, 11) is 0. The zero-order chi connectivity index (χ0) is 46.8. The molecule has 0 bridgehead atoms. The van der Waals surface area contributed by atoms with E-state index in [2.05, 4.69) is 46.5 Å². The molecule has 8 aromatic rings. The number of alkyl halides is 6. The molecular weight excluding hydrogens is 911 g/mol. The number of thiazole rings is 2. The summed E-state index contributed by atoms with van der Waals surface area (Å²) in [4.78, 5) is 18.1. The zero-order valence-corrected chi connectivity index (χ0v) is 37.0. The maximum Gasteiger partial charge on any atom is 0.573 e. The van der Waals surface area contributed by atoms with Crippen molar-refractivity contribution in [2.75, 3.05) is 19.8 Å². The molecule has 0 aliphatic rings. The first kappa shape index (κ1) is 47.1. The third kappa shape index (κ3) is 13.1. The van der Waals surface area contributed by atoms with Crippen LogP contribution < -0.4 is 18.9 Å². The molecule has 66 heavy (non-hydrogen) atoms. The largest absolute Gasteiger partial charge is 0.573 e. The van der Waals surface area contributed by atoms with Crippen LogP contribution in [0.4, 0.5) is 26.3 Å². The van der Waals surface area contributed by atoms with Crippen molar-refractivity contribution in [2.24, 2.45) is 0 Å². The third-order valence-corrected chi connectivity index (χ3v) is 10.8. The summed E-state index contributed by atoms with van der Waals surface area (Å²) in [5.74, 6) is 3.34. The van der Waals surface area contributed by atoms with Crippen molar-refractivity contribution < 1.29 is 50.4 Å². The summed E-state index contributed by atoms with van der Waals surface area (Å²) in [6.07, 6.45) is -8.51. The van der Waals surface area contributed by atoms with Crippen molar-refractivity contribution in [1.82, 2.24) is 39.5 Å². The fourth-order valence-corrected chi connectivity index (χ4v) is 7.70. The van der Waals surface area contributed by atoms with E-state index in [4.69, 9.17) is 14.6 Å². The first-order chi connectivity index (χ1) is 31.6. The topological polar surface area (TPSA) is 144 Å². The first-order valence-electron chi connectivity index (χ1n) is 20.1. The Bertz CT molecular complexity index is 2630. The van der Waals surface area contributed by atoms with E-state index in [-0.39, 0.29) is 24.7 Å². The minimum atomic E-state index is -4.73. The molecule has 4 aromatic carbocycles. The molecule has 0 atom stereocenters. The smallest absolute Gasteiger partial charge is 0.494 e. The number of hydrogen-bond donors (Lipinski definition) is 1. The molecule has 0 spiro atoms. The Balaban J connectivity index is 0.000000196. The summed E-state index contributed by atoms with van der Waals surface area (Å²) in [6, 6.07) is 26.5. The molecule has 344 valence electrons. The minimum Gasteiger partial charge on any atom is -0.494 e. The van der Waals surface area contributed by atoms with E-state index in [9.17, 15) is 26.3 Å². The van der Waals surface area contributed by atoms with Gasteiger partial charge in [0.15, 0.2) is 10.0 Å². The Morgan fingerprint density at radius 1 is 0.561 bits per heavy atom. The van der Waals surface area contributed by atoms with Crippen molar-refractivity contribution in [3.8, 4) is 67.2 Å². The second-order valence-corrected chi connectivity index (χ2v) is 15.9. The monoisotopic (exact) mass is 950 g/mol. The molecule has 0 unspecified atom stereocenters. The highest BCUT2D eigenvalue weighted by Crippen LogP contribution is 2.32. The SMILES string of the molecule is CCCOc1cccc(Cn2nc(-c3nc(-c4ccc(OC(F)(F)F)cc4)cs3)nc2C)c1.Cc1nc(-c2nc(-c3ccc(OC(F)(F)F)cc3)cs2)nn1Cc1cccc(OCCO)c1. The van der Waals surface area contributed by atoms with Gasteiger partial charge in [0.2, 0.25) is 11.6 Å². The summed E-state index contributed by atoms with van der Waals surface area (Å²) >= 11 is 2.72. The standard InChI is InChI=1S/C23H21F3N4O2S.C22H19F3N4O3S/c1-3-11-31-19-6-4-5-16(12-19)13-30-15(2)27-21(29-30)22-28-20(14-33-22)17-7-9-18(10-8-17)32-23(24,25)26;1-14-26-20(28-29(14)12-15-3-2-4-18(11-15)31-10-9-30)21-27-19(13-33-21)16-5-7-17(8-6-16)32-22(23,24)25/h4-10,12,14H,3,11,13H2,1-2H3;2-8,11,13,30H,9-10,12H2,1H3. The van der Waals surface area contributed by atoms with Crippen LogP contribution in [0.25, 0.3) is 44.2 Å². The predicted octanol–water partition coefficient (Wildman–Crippen LogP) is 10.8. The number of nitrogens with zero attached hydrogens (tertiary/aromatic N) is 8. The lowest BCUT2D eigenvalue weighted by Gasteiger charge is -2.08. The number of aliphatic hydroxyl groups is 1. The van der Waals surface area contributed by atoms with Gasteiger partial charge < -0.3 is 24.1 Å². The van der Waals surface area contributed by atoms with Crippen molar-refractivity contribution in [3.05, 3.63) is 131 Å². The van der Waals surface area contributed by atoms with E-state index in [0.717, 1.165) is 29.1 Å². The summed E-state index contributed by atoms with van der Waals surface area (Å²) in [5.41, 5.74) is 4.57. The highest BCUT2D eigenvalue weighted by atomic mass is 32.1. The molecule has 0 aliphatic carbocycles. The van der Waals surface area contributed by atoms with Crippen LogP contribution in [0.3, 0.4) is 0 Å². The van der Waals surface area contributed by atoms with E-state index < -0.39 is 12.7 Å². The van der Waals surface area contributed by atoms with Gasteiger partial charge in [0, 0.05) is 21.9 Å². The van der Waals surface area contributed by atoms with Gasteiger partial charge in [-0.15, -0.1) is 59.2 Å². The van der Waals surface area contributed by atoms with Gasteiger partial charge in [-0.25, -0.2) is 29.3 Å². The second kappa shape index (κ2) is 21.0. The van der Waals surface area contributed by atoms with E-state index in [1.165, 1.54) is 71.2 Å². The van der Waals surface area contributed by atoms with Crippen LogP contribution in [0.15, 0.2) is 108 Å². The van der Waals surface area contributed by atoms with Gasteiger partial charge >= 0.3 is 12.7 Å². The van der Waals surface area contributed by atoms with Crippen molar-refractivity contribution in [1.29, 1.82) is 0 Å². The van der Waals surface area contributed by atoms with Crippen LogP contribution in [-0.4, -0.2) is 77.1 Å². The van der Waals surface area contributed by atoms with E-state index in [1.54, 1.807) is 14.7 Å². The number of aliphatic hydroxyl groups excluding tert-OH is 1. The van der Waals surface area contributed by atoms with Gasteiger partial charge in [-0.2, -0.15) is 0 Å². The molecule has 0 saturated carbocycles. The average molecular weight is 951 g/mol. The lowest BCUT2D eigenvalue weighted by Crippen LogP contribution is -2.16. The molecule has 0 saturated heterocycles.